The Hall–Kier alpha value is -2.38. The molecule has 2 heterocycles. The molecule has 0 spiro atoms. The smallest absolute Gasteiger partial charge is 0.355 e. The summed E-state index contributed by atoms with van der Waals surface area (Å²) in [7, 11) is 0. The summed E-state index contributed by atoms with van der Waals surface area (Å²) in [5.74, 6) is -0.875. The number of hydrogen-bond donors (Lipinski definition) is 3. The summed E-state index contributed by atoms with van der Waals surface area (Å²) in [6.07, 6.45) is -0.339. The van der Waals surface area contributed by atoms with Crippen molar-refractivity contribution in [3.05, 3.63) is 45.9 Å². The Labute approximate surface area is 150 Å². The molecule has 134 valence electrons. The van der Waals surface area contributed by atoms with E-state index >= 15 is 0 Å². The van der Waals surface area contributed by atoms with Crippen LogP contribution in [0.1, 0.15) is 47.3 Å². The fourth-order valence-corrected chi connectivity index (χ4v) is 2.66. The van der Waals surface area contributed by atoms with Crippen molar-refractivity contribution in [2.45, 2.75) is 39.9 Å². The molecule has 2 aromatic heterocycles. The average molecular weight is 366 g/mol. The second kappa shape index (κ2) is 7.67. The second-order valence-electron chi connectivity index (χ2n) is 5.74. The van der Waals surface area contributed by atoms with Crippen LogP contribution in [-0.2, 0) is 9.53 Å². The Bertz CT molecular complexity index is 784. The highest BCUT2D eigenvalue weighted by molar-refractivity contribution is 6.30. The zero-order valence-corrected chi connectivity index (χ0v) is 15.1. The lowest BCUT2D eigenvalue weighted by atomic mass is 10.1. The predicted octanol–water partition coefficient (Wildman–Crippen LogP) is 2.92. The topological polar surface area (TPSA) is 104 Å². The van der Waals surface area contributed by atoms with Gasteiger partial charge >= 0.3 is 5.97 Å². The number of aromatic nitrogens is 2. The van der Waals surface area contributed by atoms with Crippen LogP contribution in [0.2, 0.25) is 5.02 Å². The van der Waals surface area contributed by atoms with Crippen LogP contribution in [0.3, 0.4) is 0 Å². The van der Waals surface area contributed by atoms with E-state index in [1.54, 1.807) is 32.9 Å². The van der Waals surface area contributed by atoms with Crippen LogP contribution in [0.5, 0.6) is 0 Å². The van der Waals surface area contributed by atoms with E-state index in [1.165, 1.54) is 13.1 Å². The number of aliphatic hydroxyl groups excluding tert-OH is 1. The molecule has 0 unspecified atom stereocenters. The normalized spacial score (nSPS) is 13.2. The molecule has 1 amide bonds. The number of ether oxygens (including phenoxy) is 1. The first-order valence-electron chi connectivity index (χ1n) is 7.71. The van der Waals surface area contributed by atoms with Crippen molar-refractivity contribution >= 4 is 29.3 Å². The molecule has 7 nitrogen and oxygen atoms in total. The highest BCUT2D eigenvalue weighted by Crippen LogP contribution is 2.25. The van der Waals surface area contributed by atoms with E-state index in [1.807, 2.05) is 0 Å². The number of pyridine rings is 1. The molecule has 0 fully saturated rings. The highest BCUT2D eigenvalue weighted by atomic mass is 35.5. The number of aromatic amines is 1. The van der Waals surface area contributed by atoms with Crippen LogP contribution in [0.15, 0.2) is 18.3 Å². The fourth-order valence-electron chi connectivity index (χ4n) is 2.55. The van der Waals surface area contributed by atoms with Crippen molar-refractivity contribution in [2.75, 3.05) is 5.32 Å². The molecule has 25 heavy (non-hydrogen) atoms. The second-order valence-corrected chi connectivity index (χ2v) is 6.17. The van der Waals surface area contributed by atoms with Crippen LogP contribution in [0.25, 0.3) is 0 Å². The number of rotatable bonds is 5. The van der Waals surface area contributed by atoms with Crippen molar-refractivity contribution in [3.63, 3.8) is 0 Å². The van der Waals surface area contributed by atoms with Crippen LogP contribution in [0, 0.1) is 13.8 Å². The quantitative estimate of drug-likeness (QED) is 0.706. The predicted molar refractivity (Wildman–Crippen MR) is 93.7 cm³/mol. The Morgan fingerprint density at radius 2 is 2.00 bits per heavy atom. The summed E-state index contributed by atoms with van der Waals surface area (Å²) in [6, 6.07) is 3.13. The first-order valence-corrected chi connectivity index (χ1v) is 8.09. The third-order valence-corrected chi connectivity index (χ3v) is 3.97. The molecule has 3 N–H and O–H groups in total. The summed E-state index contributed by atoms with van der Waals surface area (Å²) < 4.78 is 5.21. The molecule has 2 rings (SSSR count). The molecule has 0 saturated heterocycles. The largest absolute Gasteiger partial charge is 0.448 e. The number of carbonyl (C=O) groups excluding carboxylic acids is 2. The SMILES string of the molecule is Cc1[nH]c(C(=O)O[C@H](C)C(=O)Nc2ccc(Cl)cn2)c(C)c1[C@H](C)O. The van der Waals surface area contributed by atoms with Crippen molar-refractivity contribution < 1.29 is 19.4 Å². The maximum absolute atomic E-state index is 12.3. The highest BCUT2D eigenvalue weighted by Gasteiger charge is 2.24. The number of H-pyrrole nitrogens is 1. The van der Waals surface area contributed by atoms with Gasteiger partial charge in [-0.3, -0.25) is 4.79 Å². The van der Waals surface area contributed by atoms with E-state index in [0.717, 1.165) is 0 Å². The number of aliphatic hydroxyl groups is 1. The number of halogens is 1. The summed E-state index contributed by atoms with van der Waals surface area (Å²) in [5, 5.41) is 12.8. The summed E-state index contributed by atoms with van der Waals surface area (Å²) in [5.41, 5.74) is 2.15. The third kappa shape index (κ3) is 4.37. The standard InChI is InChI=1S/C17H20ClN3O4/c1-8-14(10(3)22)9(2)20-15(8)17(24)25-11(4)16(23)21-13-6-5-12(18)7-19-13/h5-7,10-11,20,22H,1-4H3,(H,19,21,23)/t10-,11+/m0/s1. The molecule has 0 aromatic carbocycles. The number of nitrogens with one attached hydrogen (secondary N) is 2. The van der Waals surface area contributed by atoms with Crippen molar-refractivity contribution in [2.24, 2.45) is 0 Å². The molecule has 0 aliphatic carbocycles. The minimum Gasteiger partial charge on any atom is -0.448 e. The number of nitrogens with zero attached hydrogens (tertiary/aromatic N) is 1. The Morgan fingerprint density at radius 1 is 1.32 bits per heavy atom. The lowest BCUT2D eigenvalue weighted by molar-refractivity contribution is -0.123. The van der Waals surface area contributed by atoms with Crippen LogP contribution < -0.4 is 5.32 Å². The average Bonchev–Trinajstić information content (AvgIpc) is 2.84. The van der Waals surface area contributed by atoms with Gasteiger partial charge in [0.25, 0.3) is 5.91 Å². The van der Waals surface area contributed by atoms with Crippen LogP contribution >= 0.6 is 11.6 Å². The van der Waals surface area contributed by atoms with Gasteiger partial charge in [0.15, 0.2) is 6.10 Å². The fraction of sp³-hybridized carbons (Fsp3) is 0.353. The van der Waals surface area contributed by atoms with Gasteiger partial charge in [-0.1, -0.05) is 11.6 Å². The zero-order valence-electron chi connectivity index (χ0n) is 14.4. The number of hydrogen-bond acceptors (Lipinski definition) is 5. The molecular formula is C17H20ClN3O4. The lowest BCUT2D eigenvalue weighted by Crippen LogP contribution is -2.30. The molecule has 8 heteroatoms. The number of anilines is 1. The van der Waals surface area contributed by atoms with Crippen molar-refractivity contribution in [1.82, 2.24) is 9.97 Å². The Kier molecular flexibility index (Phi) is 5.81. The van der Waals surface area contributed by atoms with E-state index in [4.69, 9.17) is 16.3 Å². The van der Waals surface area contributed by atoms with Gasteiger partial charge in [-0.25, -0.2) is 9.78 Å². The van der Waals surface area contributed by atoms with Gasteiger partial charge in [0, 0.05) is 17.5 Å². The van der Waals surface area contributed by atoms with Gasteiger partial charge in [0.1, 0.15) is 11.5 Å². The zero-order chi connectivity index (χ0) is 18.7. The van der Waals surface area contributed by atoms with Gasteiger partial charge < -0.3 is 20.1 Å². The van der Waals surface area contributed by atoms with Crippen LogP contribution in [-0.4, -0.2) is 33.1 Å². The molecular weight excluding hydrogens is 346 g/mol. The molecule has 0 saturated carbocycles. The third-order valence-electron chi connectivity index (χ3n) is 3.75. The van der Waals surface area contributed by atoms with E-state index < -0.39 is 24.1 Å². The van der Waals surface area contributed by atoms with E-state index in [0.29, 0.717) is 27.7 Å². The molecule has 2 aromatic rings. The van der Waals surface area contributed by atoms with Gasteiger partial charge in [0.2, 0.25) is 0 Å². The van der Waals surface area contributed by atoms with Gasteiger partial charge in [-0.05, 0) is 45.4 Å². The Morgan fingerprint density at radius 3 is 2.52 bits per heavy atom. The maximum Gasteiger partial charge on any atom is 0.355 e. The van der Waals surface area contributed by atoms with E-state index in [9.17, 15) is 14.7 Å². The summed E-state index contributed by atoms with van der Waals surface area (Å²) >= 11 is 5.73. The van der Waals surface area contributed by atoms with E-state index in [-0.39, 0.29) is 5.69 Å². The molecule has 0 aliphatic heterocycles. The maximum atomic E-state index is 12.3. The number of carbonyl (C=O) groups is 2. The van der Waals surface area contributed by atoms with E-state index in [2.05, 4.69) is 15.3 Å². The number of aryl methyl sites for hydroxylation is 1. The molecule has 0 aliphatic rings. The van der Waals surface area contributed by atoms with Crippen molar-refractivity contribution in [1.29, 1.82) is 0 Å². The Balaban J connectivity index is 2.06. The van der Waals surface area contributed by atoms with Gasteiger partial charge in [-0.2, -0.15) is 0 Å². The monoisotopic (exact) mass is 365 g/mol. The number of esters is 1. The summed E-state index contributed by atoms with van der Waals surface area (Å²) in [6.45, 7) is 6.55. The minimum absolute atomic E-state index is 0.220. The number of amides is 1. The van der Waals surface area contributed by atoms with Gasteiger partial charge in [0.05, 0.1) is 11.1 Å². The van der Waals surface area contributed by atoms with Crippen LogP contribution in [0.4, 0.5) is 5.82 Å². The first-order chi connectivity index (χ1) is 11.7. The minimum atomic E-state index is -1.03. The van der Waals surface area contributed by atoms with Crippen molar-refractivity contribution in [3.8, 4) is 0 Å². The first kappa shape index (κ1) is 19.0. The molecule has 2 atom stereocenters. The molecule has 0 radical (unpaired) electrons. The molecule has 0 bridgehead atoms. The summed E-state index contributed by atoms with van der Waals surface area (Å²) in [4.78, 5) is 31.3. The van der Waals surface area contributed by atoms with Gasteiger partial charge in [-0.15, -0.1) is 0 Å². The lowest BCUT2D eigenvalue weighted by Gasteiger charge is -2.13.